The third-order valence-electron chi connectivity index (χ3n) is 0.697. The van der Waals surface area contributed by atoms with Gasteiger partial charge in [0.15, 0.2) is 0 Å². The zero-order valence-electron chi connectivity index (χ0n) is 6.87. The normalized spacial score (nSPS) is 6.00. The second-order valence-electron chi connectivity index (χ2n) is 1.61. The van der Waals surface area contributed by atoms with Gasteiger partial charge in [-0.05, 0) is 12.8 Å². The Hall–Kier alpha value is 1.12. The summed E-state index contributed by atoms with van der Waals surface area (Å²) in [6.07, 6.45) is 2.28. The van der Waals surface area contributed by atoms with Gasteiger partial charge in [0.25, 0.3) is 0 Å². The third kappa shape index (κ3) is 35.3. The molecule has 0 N–H and O–H groups in total. The molecule has 0 radical (unpaired) electrons. The SMILES string of the molecule is CCCOCCC.Cl.Cl.Cl.Cl. The van der Waals surface area contributed by atoms with Crippen molar-refractivity contribution in [1.82, 2.24) is 0 Å². The molecule has 0 aliphatic rings. The molecule has 0 heterocycles. The Labute approximate surface area is 94.3 Å². The van der Waals surface area contributed by atoms with Crippen molar-refractivity contribution in [3.63, 3.8) is 0 Å². The van der Waals surface area contributed by atoms with Crippen LogP contribution in [0.4, 0.5) is 0 Å². The minimum atomic E-state index is 0. The summed E-state index contributed by atoms with van der Waals surface area (Å²) in [6, 6.07) is 0. The molecule has 0 saturated carbocycles. The lowest BCUT2D eigenvalue weighted by Gasteiger charge is -1.95. The van der Waals surface area contributed by atoms with Crippen molar-refractivity contribution in [3.8, 4) is 0 Å². The van der Waals surface area contributed by atoms with E-state index in [2.05, 4.69) is 13.8 Å². The van der Waals surface area contributed by atoms with Crippen LogP contribution < -0.4 is 0 Å². The van der Waals surface area contributed by atoms with E-state index in [1.165, 1.54) is 0 Å². The van der Waals surface area contributed by atoms with E-state index in [4.69, 9.17) is 4.74 Å². The van der Waals surface area contributed by atoms with E-state index in [-0.39, 0.29) is 49.6 Å². The predicted octanol–water partition coefficient (Wildman–Crippen LogP) is 3.51. The fourth-order valence-corrected chi connectivity index (χ4v) is 0.391. The summed E-state index contributed by atoms with van der Waals surface area (Å²) in [5, 5.41) is 0. The van der Waals surface area contributed by atoms with Gasteiger partial charge in [0.05, 0.1) is 0 Å². The number of hydrogen-bond donors (Lipinski definition) is 0. The van der Waals surface area contributed by atoms with Crippen molar-refractivity contribution in [1.29, 1.82) is 0 Å². The second-order valence-corrected chi connectivity index (χ2v) is 1.61. The van der Waals surface area contributed by atoms with Crippen molar-refractivity contribution in [2.45, 2.75) is 26.7 Å². The molecule has 0 aromatic rings. The Balaban J connectivity index is -0.0000000300. The van der Waals surface area contributed by atoms with Crippen LogP contribution >= 0.6 is 49.6 Å². The van der Waals surface area contributed by atoms with E-state index in [9.17, 15) is 0 Å². The molecule has 0 atom stereocenters. The maximum absolute atomic E-state index is 5.13. The van der Waals surface area contributed by atoms with Gasteiger partial charge < -0.3 is 4.74 Å². The van der Waals surface area contributed by atoms with Gasteiger partial charge >= 0.3 is 0 Å². The van der Waals surface area contributed by atoms with Crippen molar-refractivity contribution in [3.05, 3.63) is 0 Å². The largest absolute Gasteiger partial charge is 0.381 e. The molecule has 0 aromatic carbocycles. The molecule has 0 bridgehead atoms. The Morgan fingerprint density at radius 3 is 1.18 bits per heavy atom. The van der Waals surface area contributed by atoms with Crippen molar-refractivity contribution < 1.29 is 4.74 Å². The summed E-state index contributed by atoms with van der Waals surface area (Å²) < 4.78 is 5.13. The van der Waals surface area contributed by atoms with Gasteiger partial charge in [-0.15, -0.1) is 49.6 Å². The highest BCUT2D eigenvalue weighted by atomic mass is 35.5. The van der Waals surface area contributed by atoms with Crippen LogP contribution in [0.2, 0.25) is 0 Å². The number of ether oxygens (including phenoxy) is 1. The lowest BCUT2D eigenvalue weighted by molar-refractivity contribution is 0.135. The molecule has 1 nitrogen and oxygen atoms in total. The molecule has 0 fully saturated rings. The summed E-state index contributed by atoms with van der Waals surface area (Å²) >= 11 is 0. The minimum Gasteiger partial charge on any atom is -0.381 e. The molecule has 5 heteroatoms. The van der Waals surface area contributed by atoms with E-state index < -0.39 is 0 Å². The van der Waals surface area contributed by atoms with Gasteiger partial charge in [-0.3, -0.25) is 0 Å². The monoisotopic (exact) mass is 246 g/mol. The summed E-state index contributed by atoms with van der Waals surface area (Å²) in [4.78, 5) is 0. The first kappa shape index (κ1) is 29.6. The van der Waals surface area contributed by atoms with Gasteiger partial charge in [-0.1, -0.05) is 13.8 Å². The Bertz CT molecular complexity index is 33.8. The Kier molecular flexibility index (Phi) is 81.7. The van der Waals surface area contributed by atoms with Gasteiger partial charge in [0, 0.05) is 13.2 Å². The van der Waals surface area contributed by atoms with Crippen molar-refractivity contribution in [2.75, 3.05) is 13.2 Å². The second kappa shape index (κ2) is 30.4. The maximum Gasteiger partial charge on any atom is 0.0463 e. The maximum atomic E-state index is 5.13. The first-order valence-corrected chi connectivity index (χ1v) is 2.99. The van der Waals surface area contributed by atoms with Crippen LogP contribution in [0.5, 0.6) is 0 Å². The minimum absolute atomic E-state index is 0. The molecule has 0 unspecified atom stereocenters. The average Bonchev–Trinajstić information content (AvgIpc) is 1.69. The Morgan fingerprint density at radius 2 is 1.00 bits per heavy atom. The summed E-state index contributed by atoms with van der Waals surface area (Å²) in [6.45, 7) is 6.09. The Morgan fingerprint density at radius 1 is 0.727 bits per heavy atom. The molecule has 0 rings (SSSR count). The molecule has 11 heavy (non-hydrogen) atoms. The van der Waals surface area contributed by atoms with Gasteiger partial charge in [-0.25, -0.2) is 0 Å². The highest BCUT2D eigenvalue weighted by Gasteiger charge is 1.77. The molecular weight excluding hydrogens is 230 g/mol. The molecule has 0 saturated heterocycles. The van der Waals surface area contributed by atoms with E-state index in [0.29, 0.717) is 0 Å². The zero-order valence-corrected chi connectivity index (χ0v) is 10.1. The number of hydrogen-bond acceptors (Lipinski definition) is 1. The molecular formula is C6H18Cl4O. The molecule has 0 aliphatic carbocycles. The van der Waals surface area contributed by atoms with Crippen LogP contribution in [0.25, 0.3) is 0 Å². The van der Waals surface area contributed by atoms with Crippen molar-refractivity contribution in [2.24, 2.45) is 0 Å². The standard InChI is InChI=1S/C6H14O.4ClH/c1-3-5-7-6-4-2;;;;/h3-6H2,1-2H3;4*1H. The lowest BCUT2D eigenvalue weighted by atomic mass is 10.5. The molecule has 76 valence electrons. The number of halogens is 4. The van der Waals surface area contributed by atoms with Gasteiger partial charge in [0.1, 0.15) is 0 Å². The van der Waals surface area contributed by atoms with E-state index in [1.54, 1.807) is 0 Å². The first-order chi connectivity index (χ1) is 3.41. The van der Waals surface area contributed by atoms with E-state index >= 15 is 0 Å². The van der Waals surface area contributed by atoms with E-state index in [0.717, 1.165) is 26.1 Å². The highest BCUT2D eigenvalue weighted by Crippen LogP contribution is 1.81. The molecule has 0 spiro atoms. The molecule has 0 amide bonds. The van der Waals surface area contributed by atoms with Gasteiger partial charge in [0.2, 0.25) is 0 Å². The summed E-state index contributed by atoms with van der Waals surface area (Å²) in [7, 11) is 0. The highest BCUT2D eigenvalue weighted by molar-refractivity contribution is 5.86. The van der Waals surface area contributed by atoms with Crippen LogP contribution in [0.15, 0.2) is 0 Å². The fourth-order valence-electron chi connectivity index (χ4n) is 0.391. The first-order valence-electron chi connectivity index (χ1n) is 2.99. The molecule has 0 aromatic heterocycles. The summed E-state index contributed by atoms with van der Waals surface area (Å²) in [5.41, 5.74) is 0. The van der Waals surface area contributed by atoms with Crippen LogP contribution in [0, 0.1) is 0 Å². The van der Waals surface area contributed by atoms with Crippen molar-refractivity contribution >= 4 is 49.6 Å². The number of rotatable bonds is 4. The van der Waals surface area contributed by atoms with Crippen LogP contribution in [0.1, 0.15) is 26.7 Å². The lowest BCUT2D eigenvalue weighted by Crippen LogP contribution is -1.92. The third-order valence-corrected chi connectivity index (χ3v) is 0.697. The summed E-state index contributed by atoms with van der Waals surface area (Å²) in [5.74, 6) is 0. The van der Waals surface area contributed by atoms with Crippen LogP contribution in [-0.2, 0) is 4.74 Å². The fraction of sp³-hybridized carbons (Fsp3) is 1.00. The molecule has 0 aliphatic heterocycles. The topological polar surface area (TPSA) is 9.23 Å². The van der Waals surface area contributed by atoms with Gasteiger partial charge in [-0.2, -0.15) is 0 Å². The van der Waals surface area contributed by atoms with Crippen LogP contribution in [-0.4, -0.2) is 13.2 Å². The van der Waals surface area contributed by atoms with E-state index in [1.807, 2.05) is 0 Å². The smallest absolute Gasteiger partial charge is 0.0463 e. The van der Waals surface area contributed by atoms with Crippen LogP contribution in [0.3, 0.4) is 0 Å². The zero-order chi connectivity index (χ0) is 5.54. The average molecular weight is 248 g/mol. The quantitative estimate of drug-likeness (QED) is 0.691. The predicted molar refractivity (Wildman–Crippen MR) is 60.4 cm³/mol.